The molecule has 3 rings (SSSR count). The number of carbonyl (C=O) groups is 2. The van der Waals surface area contributed by atoms with Gasteiger partial charge in [-0.1, -0.05) is 35.9 Å². The van der Waals surface area contributed by atoms with E-state index in [4.69, 9.17) is 16.3 Å². The van der Waals surface area contributed by atoms with Gasteiger partial charge < -0.3 is 14.8 Å². The fourth-order valence-electron chi connectivity index (χ4n) is 2.40. The lowest BCUT2D eigenvalue weighted by atomic mass is 10.1. The van der Waals surface area contributed by atoms with Gasteiger partial charge in [-0.05, 0) is 48.5 Å². The number of nitrogens with one attached hydrogen (secondary N) is 1. The second-order valence-corrected chi connectivity index (χ2v) is 6.02. The second kappa shape index (κ2) is 8.38. The van der Waals surface area contributed by atoms with Gasteiger partial charge >= 0.3 is 5.97 Å². The predicted molar refractivity (Wildman–Crippen MR) is 104 cm³/mol. The molecule has 0 aliphatic heterocycles. The van der Waals surface area contributed by atoms with Crippen molar-refractivity contribution in [3.63, 3.8) is 0 Å². The van der Waals surface area contributed by atoms with E-state index in [1.54, 1.807) is 48.5 Å². The number of ether oxygens (including phenoxy) is 2. The lowest BCUT2D eigenvalue weighted by Gasteiger charge is -2.13. The monoisotopic (exact) mass is 381 g/mol. The van der Waals surface area contributed by atoms with Crippen LogP contribution in [-0.4, -0.2) is 19.0 Å². The maximum Gasteiger partial charge on any atom is 0.337 e. The van der Waals surface area contributed by atoms with Crippen LogP contribution < -0.4 is 10.1 Å². The zero-order valence-electron chi connectivity index (χ0n) is 14.4. The van der Waals surface area contributed by atoms with Crippen molar-refractivity contribution in [3.05, 3.63) is 88.9 Å². The summed E-state index contributed by atoms with van der Waals surface area (Å²) in [6.07, 6.45) is 0. The molecule has 0 atom stereocenters. The zero-order chi connectivity index (χ0) is 19.2. The van der Waals surface area contributed by atoms with Crippen LogP contribution in [0.25, 0.3) is 0 Å². The van der Waals surface area contributed by atoms with Crippen molar-refractivity contribution in [1.29, 1.82) is 0 Å². The topological polar surface area (TPSA) is 64.6 Å². The van der Waals surface area contributed by atoms with Crippen molar-refractivity contribution in [3.8, 4) is 11.5 Å². The summed E-state index contributed by atoms with van der Waals surface area (Å²) in [5, 5.41) is 3.22. The molecule has 0 saturated carbocycles. The molecule has 0 fully saturated rings. The highest BCUT2D eigenvalue weighted by Crippen LogP contribution is 2.32. The Balaban J connectivity index is 1.85. The molecule has 0 heterocycles. The quantitative estimate of drug-likeness (QED) is 0.619. The minimum Gasteiger partial charge on any atom is -0.465 e. The zero-order valence-corrected chi connectivity index (χ0v) is 15.2. The molecule has 1 amide bonds. The van der Waals surface area contributed by atoms with Gasteiger partial charge in [0.1, 0.15) is 5.75 Å². The van der Waals surface area contributed by atoms with Crippen LogP contribution in [0.5, 0.6) is 11.5 Å². The van der Waals surface area contributed by atoms with Crippen LogP contribution in [0.1, 0.15) is 20.7 Å². The predicted octanol–water partition coefficient (Wildman–Crippen LogP) is 5.17. The molecule has 0 unspecified atom stereocenters. The minimum atomic E-state index is -0.513. The number of para-hydroxylation sites is 1. The normalized spacial score (nSPS) is 10.1. The number of halogens is 1. The fourth-order valence-corrected chi connectivity index (χ4v) is 2.58. The summed E-state index contributed by atoms with van der Waals surface area (Å²) in [5.41, 5.74) is 1.01. The highest BCUT2D eigenvalue weighted by atomic mass is 35.5. The highest BCUT2D eigenvalue weighted by molar-refractivity contribution is 6.31. The van der Waals surface area contributed by atoms with Gasteiger partial charge in [0.2, 0.25) is 0 Å². The fraction of sp³-hybridized carbons (Fsp3) is 0.0476. The molecular formula is C21H16ClNO4. The first-order valence-electron chi connectivity index (χ1n) is 8.09. The van der Waals surface area contributed by atoms with Crippen LogP contribution in [0.3, 0.4) is 0 Å². The average Bonchev–Trinajstić information content (AvgIpc) is 2.70. The Kier molecular flexibility index (Phi) is 5.74. The summed E-state index contributed by atoms with van der Waals surface area (Å²) >= 11 is 6.07. The number of rotatable bonds is 5. The molecule has 5 nitrogen and oxygen atoms in total. The molecule has 136 valence electrons. The summed E-state index contributed by atoms with van der Waals surface area (Å²) in [5.74, 6) is 0.160. The third-order valence-electron chi connectivity index (χ3n) is 3.71. The van der Waals surface area contributed by atoms with E-state index in [0.29, 0.717) is 27.8 Å². The molecule has 3 aromatic carbocycles. The van der Waals surface area contributed by atoms with Gasteiger partial charge in [0.25, 0.3) is 5.91 Å². The number of carbonyl (C=O) groups excluding carboxylic acids is 2. The van der Waals surface area contributed by atoms with Gasteiger partial charge in [0, 0.05) is 10.6 Å². The van der Waals surface area contributed by atoms with Crippen LogP contribution in [0, 0.1) is 0 Å². The highest BCUT2D eigenvalue weighted by Gasteiger charge is 2.14. The van der Waals surface area contributed by atoms with Gasteiger partial charge in [-0.2, -0.15) is 0 Å². The van der Waals surface area contributed by atoms with Crippen LogP contribution in [0.2, 0.25) is 5.02 Å². The van der Waals surface area contributed by atoms with E-state index in [1.165, 1.54) is 13.2 Å². The number of hydrogen-bond acceptors (Lipinski definition) is 4. The summed E-state index contributed by atoms with van der Waals surface area (Å²) in [4.78, 5) is 24.3. The molecule has 0 aliphatic rings. The smallest absolute Gasteiger partial charge is 0.337 e. The van der Waals surface area contributed by atoms with Crippen molar-refractivity contribution >= 4 is 29.2 Å². The van der Waals surface area contributed by atoms with Crippen molar-refractivity contribution in [2.75, 3.05) is 12.4 Å². The third-order valence-corrected chi connectivity index (χ3v) is 3.94. The minimum absolute atomic E-state index is 0.289. The Morgan fingerprint density at radius 3 is 2.37 bits per heavy atom. The van der Waals surface area contributed by atoms with Gasteiger partial charge in [-0.3, -0.25) is 4.79 Å². The van der Waals surface area contributed by atoms with Crippen molar-refractivity contribution in [2.45, 2.75) is 0 Å². The summed E-state index contributed by atoms with van der Waals surface area (Å²) in [7, 11) is 1.29. The van der Waals surface area contributed by atoms with Crippen molar-refractivity contribution in [2.24, 2.45) is 0 Å². The van der Waals surface area contributed by atoms with Crippen molar-refractivity contribution < 1.29 is 19.1 Å². The molecular weight excluding hydrogens is 366 g/mol. The maximum absolute atomic E-state index is 12.6. The van der Waals surface area contributed by atoms with E-state index < -0.39 is 11.9 Å². The molecule has 0 aliphatic carbocycles. The van der Waals surface area contributed by atoms with E-state index in [0.717, 1.165) is 0 Å². The number of esters is 1. The van der Waals surface area contributed by atoms with E-state index in [-0.39, 0.29) is 5.56 Å². The molecule has 0 spiro atoms. The molecule has 6 heteroatoms. The molecule has 0 radical (unpaired) electrons. The number of anilines is 1. The van der Waals surface area contributed by atoms with Crippen LogP contribution in [0.4, 0.5) is 5.69 Å². The molecule has 3 aromatic rings. The van der Waals surface area contributed by atoms with Crippen LogP contribution in [0.15, 0.2) is 72.8 Å². The first-order valence-corrected chi connectivity index (χ1v) is 8.47. The molecule has 0 aromatic heterocycles. The number of hydrogen-bond donors (Lipinski definition) is 1. The first-order chi connectivity index (χ1) is 13.1. The van der Waals surface area contributed by atoms with E-state index >= 15 is 0 Å². The molecule has 1 N–H and O–H groups in total. The first kappa shape index (κ1) is 18.5. The lowest BCUT2D eigenvalue weighted by molar-refractivity contribution is 0.0600. The SMILES string of the molecule is COC(=O)c1cccc(C(=O)Nc2cc(Cl)ccc2Oc2ccccc2)c1. The second-order valence-electron chi connectivity index (χ2n) is 5.58. The standard InChI is InChI=1S/C21H16ClNO4/c1-26-21(25)15-7-5-6-14(12-15)20(24)23-18-13-16(22)10-11-19(18)27-17-8-3-2-4-9-17/h2-13H,1H3,(H,23,24). The number of amides is 1. The number of methoxy groups -OCH3 is 1. The Hall–Kier alpha value is -3.31. The van der Waals surface area contributed by atoms with Crippen molar-refractivity contribution in [1.82, 2.24) is 0 Å². The Bertz CT molecular complexity index is 973. The van der Waals surface area contributed by atoms with Gasteiger partial charge in [0.15, 0.2) is 5.75 Å². The van der Waals surface area contributed by atoms with Gasteiger partial charge in [-0.25, -0.2) is 4.79 Å². The van der Waals surface area contributed by atoms with Gasteiger partial charge in [-0.15, -0.1) is 0 Å². The number of benzene rings is 3. The summed E-state index contributed by atoms with van der Waals surface area (Å²) in [6, 6.07) is 20.4. The Labute approximate surface area is 161 Å². The largest absolute Gasteiger partial charge is 0.465 e. The van der Waals surface area contributed by atoms with Gasteiger partial charge in [0.05, 0.1) is 18.4 Å². The van der Waals surface area contributed by atoms with E-state index in [9.17, 15) is 9.59 Å². The molecule has 0 saturated heterocycles. The van der Waals surface area contributed by atoms with E-state index in [2.05, 4.69) is 10.1 Å². The maximum atomic E-state index is 12.6. The Morgan fingerprint density at radius 2 is 1.63 bits per heavy atom. The van der Waals surface area contributed by atoms with E-state index in [1.807, 2.05) is 18.2 Å². The third kappa shape index (κ3) is 4.65. The summed E-state index contributed by atoms with van der Waals surface area (Å²) in [6.45, 7) is 0. The van der Waals surface area contributed by atoms with Crippen LogP contribution in [-0.2, 0) is 4.74 Å². The van der Waals surface area contributed by atoms with Crippen LogP contribution >= 0.6 is 11.6 Å². The lowest BCUT2D eigenvalue weighted by Crippen LogP contribution is -2.13. The Morgan fingerprint density at radius 1 is 0.889 bits per heavy atom. The molecule has 27 heavy (non-hydrogen) atoms. The molecule has 0 bridgehead atoms. The summed E-state index contributed by atoms with van der Waals surface area (Å²) < 4.78 is 10.5. The average molecular weight is 382 g/mol.